The number of amides is 1. The second kappa shape index (κ2) is 13.2. The van der Waals surface area contributed by atoms with Crippen molar-refractivity contribution in [2.75, 3.05) is 26.2 Å². The van der Waals surface area contributed by atoms with Crippen molar-refractivity contribution in [3.05, 3.63) is 0 Å². The van der Waals surface area contributed by atoms with Crippen LogP contribution in [0, 0.1) is 12.3 Å². The molecule has 0 aliphatic heterocycles. The van der Waals surface area contributed by atoms with Crippen LogP contribution in [0.25, 0.3) is 0 Å². The van der Waals surface area contributed by atoms with E-state index in [1.165, 1.54) is 0 Å². The summed E-state index contributed by atoms with van der Waals surface area (Å²) >= 11 is 0. The van der Waals surface area contributed by atoms with Gasteiger partial charge < -0.3 is 14.8 Å². The topological polar surface area (TPSA) is 84.9 Å². The van der Waals surface area contributed by atoms with Crippen LogP contribution in [0.2, 0.25) is 0 Å². The van der Waals surface area contributed by atoms with Gasteiger partial charge in [0.05, 0.1) is 13.1 Å². The van der Waals surface area contributed by atoms with E-state index >= 15 is 0 Å². The first-order chi connectivity index (χ1) is 13.3. The van der Waals surface area contributed by atoms with E-state index < -0.39 is 23.1 Å². The maximum absolute atomic E-state index is 12.1. The molecule has 0 radical (unpaired) electrons. The normalized spacial score (nSPS) is 11.7. The van der Waals surface area contributed by atoms with Crippen LogP contribution < -0.4 is 5.32 Å². The molecule has 166 valence electrons. The lowest BCUT2D eigenvalue weighted by molar-refractivity contribution is -0.160. The van der Waals surface area contributed by atoms with Crippen molar-refractivity contribution in [2.45, 2.75) is 84.8 Å². The monoisotopic (exact) mass is 410 g/mol. The Balaban J connectivity index is 4.50. The Bertz CT molecular complexity index is 537. The van der Waals surface area contributed by atoms with Gasteiger partial charge >= 0.3 is 11.9 Å². The molecule has 0 saturated carbocycles. The highest BCUT2D eigenvalue weighted by Gasteiger charge is 2.23. The first kappa shape index (κ1) is 26.9. The fourth-order valence-electron chi connectivity index (χ4n) is 2.46. The Morgan fingerprint density at radius 3 is 1.86 bits per heavy atom. The minimum absolute atomic E-state index is 0.0173. The quantitative estimate of drug-likeness (QED) is 0.302. The number of nitrogens with one attached hydrogen (secondary N) is 1. The molecule has 0 aliphatic carbocycles. The van der Waals surface area contributed by atoms with Crippen LogP contribution in [0.4, 0.5) is 0 Å². The standard InChI is InChI=1S/C22H38N2O5/c1-8-9-10-11-13-18(25)23-14-12-15-24(16-19(26)28-21(2,3)4)17-20(27)29-22(5,6)7/h1H,9-17H2,2-7H3,(H,23,25). The Labute approximate surface area is 175 Å². The molecule has 0 fully saturated rings. The summed E-state index contributed by atoms with van der Waals surface area (Å²) in [6.45, 7) is 11.6. The fourth-order valence-corrected chi connectivity index (χ4v) is 2.46. The minimum Gasteiger partial charge on any atom is -0.459 e. The number of carbonyl (C=O) groups is 3. The van der Waals surface area contributed by atoms with Crippen LogP contribution in [0.15, 0.2) is 0 Å². The molecule has 7 heteroatoms. The van der Waals surface area contributed by atoms with Crippen LogP contribution in [0.5, 0.6) is 0 Å². The number of carbonyl (C=O) groups excluding carboxylic acids is 3. The largest absolute Gasteiger partial charge is 0.459 e. The lowest BCUT2D eigenvalue weighted by Gasteiger charge is -2.26. The fraction of sp³-hybridized carbons (Fsp3) is 0.773. The maximum Gasteiger partial charge on any atom is 0.320 e. The summed E-state index contributed by atoms with van der Waals surface area (Å²) in [5, 5.41) is 2.85. The van der Waals surface area contributed by atoms with Crippen LogP contribution in [0.3, 0.4) is 0 Å². The van der Waals surface area contributed by atoms with E-state index in [0.717, 1.165) is 12.8 Å². The molecule has 0 bridgehead atoms. The van der Waals surface area contributed by atoms with Crippen molar-refractivity contribution < 1.29 is 23.9 Å². The van der Waals surface area contributed by atoms with Gasteiger partial charge in [0.25, 0.3) is 0 Å². The first-order valence-corrected chi connectivity index (χ1v) is 10.2. The molecule has 1 amide bonds. The third-order valence-corrected chi connectivity index (χ3v) is 3.49. The van der Waals surface area contributed by atoms with Gasteiger partial charge in [0.15, 0.2) is 0 Å². The highest BCUT2D eigenvalue weighted by molar-refractivity contribution is 5.76. The minimum atomic E-state index is -0.595. The molecule has 0 unspecified atom stereocenters. The lowest BCUT2D eigenvalue weighted by Crippen LogP contribution is -2.41. The Morgan fingerprint density at radius 2 is 1.41 bits per heavy atom. The van der Waals surface area contributed by atoms with Gasteiger partial charge in [0, 0.05) is 25.9 Å². The third-order valence-electron chi connectivity index (χ3n) is 3.49. The Kier molecular flexibility index (Phi) is 12.3. The van der Waals surface area contributed by atoms with Crippen molar-refractivity contribution in [3.8, 4) is 12.3 Å². The van der Waals surface area contributed by atoms with Crippen molar-refractivity contribution in [1.82, 2.24) is 10.2 Å². The van der Waals surface area contributed by atoms with Gasteiger partial charge in [-0.15, -0.1) is 12.3 Å². The second-order valence-corrected chi connectivity index (χ2v) is 9.00. The van der Waals surface area contributed by atoms with E-state index in [9.17, 15) is 14.4 Å². The summed E-state index contributed by atoms with van der Waals surface area (Å²) in [5.41, 5.74) is -1.19. The average Bonchev–Trinajstić information content (AvgIpc) is 2.51. The summed E-state index contributed by atoms with van der Waals surface area (Å²) < 4.78 is 10.7. The number of hydrogen-bond donors (Lipinski definition) is 1. The van der Waals surface area contributed by atoms with Crippen molar-refractivity contribution in [3.63, 3.8) is 0 Å². The predicted octanol–water partition coefficient (Wildman–Crippen LogP) is 2.67. The van der Waals surface area contributed by atoms with E-state index in [4.69, 9.17) is 15.9 Å². The number of terminal acetylenes is 1. The maximum atomic E-state index is 12.1. The first-order valence-electron chi connectivity index (χ1n) is 10.2. The van der Waals surface area contributed by atoms with Crippen molar-refractivity contribution >= 4 is 17.8 Å². The molecule has 0 spiro atoms. The predicted molar refractivity (Wildman–Crippen MR) is 113 cm³/mol. The van der Waals surface area contributed by atoms with Gasteiger partial charge in [0.1, 0.15) is 11.2 Å². The summed E-state index contributed by atoms with van der Waals surface area (Å²) in [4.78, 5) is 37.8. The molecule has 29 heavy (non-hydrogen) atoms. The highest BCUT2D eigenvalue weighted by Crippen LogP contribution is 2.10. The number of hydrogen-bond acceptors (Lipinski definition) is 6. The molecule has 1 N–H and O–H groups in total. The average molecular weight is 411 g/mol. The molecular weight excluding hydrogens is 372 g/mol. The van der Waals surface area contributed by atoms with E-state index in [1.807, 2.05) is 0 Å². The zero-order valence-corrected chi connectivity index (χ0v) is 18.9. The Hall–Kier alpha value is -2.07. The van der Waals surface area contributed by atoms with Crippen molar-refractivity contribution in [2.24, 2.45) is 0 Å². The van der Waals surface area contributed by atoms with Crippen LogP contribution in [0.1, 0.15) is 73.6 Å². The van der Waals surface area contributed by atoms with E-state index in [-0.39, 0.29) is 19.0 Å². The van der Waals surface area contributed by atoms with E-state index in [0.29, 0.717) is 32.4 Å². The lowest BCUT2D eigenvalue weighted by atomic mass is 10.2. The SMILES string of the molecule is C#CCCCCC(=O)NCCCN(CC(=O)OC(C)(C)C)CC(=O)OC(C)(C)C. The van der Waals surface area contributed by atoms with Gasteiger partial charge in [-0.3, -0.25) is 19.3 Å². The van der Waals surface area contributed by atoms with Gasteiger partial charge in [-0.1, -0.05) is 0 Å². The highest BCUT2D eigenvalue weighted by atomic mass is 16.6. The molecule has 7 nitrogen and oxygen atoms in total. The number of rotatable bonds is 12. The smallest absolute Gasteiger partial charge is 0.320 e. The molecule has 0 rings (SSSR count). The second-order valence-electron chi connectivity index (χ2n) is 9.00. The van der Waals surface area contributed by atoms with Gasteiger partial charge in [-0.05, 0) is 60.8 Å². The summed E-state index contributed by atoms with van der Waals surface area (Å²) in [5.74, 6) is 1.72. The van der Waals surface area contributed by atoms with E-state index in [2.05, 4.69) is 11.2 Å². The molecular formula is C22H38N2O5. The molecule has 0 atom stereocenters. The van der Waals surface area contributed by atoms with Crippen molar-refractivity contribution in [1.29, 1.82) is 0 Å². The zero-order chi connectivity index (χ0) is 22.5. The van der Waals surface area contributed by atoms with Crippen LogP contribution in [-0.2, 0) is 23.9 Å². The van der Waals surface area contributed by atoms with Gasteiger partial charge in [-0.25, -0.2) is 0 Å². The summed E-state index contributed by atoms with van der Waals surface area (Å²) in [6, 6.07) is 0. The third kappa shape index (κ3) is 17.7. The van der Waals surface area contributed by atoms with Crippen LogP contribution >= 0.6 is 0 Å². The molecule has 0 aliphatic rings. The molecule has 0 heterocycles. The number of ether oxygens (including phenoxy) is 2. The van der Waals surface area contributed by atoms with Gasteiger partial charge in [-0.2, -0.15) is 0 Å². The summed E-state index contributed by atoms with van der Waals surface area (Å²) in [6.07, 6.45) is 8.51. The summed E-state index contributed by atoms with van der Waals surface area (Å²) in [7, 11) is 0. The Morgan fingerprint density at radius 1 is 0.897 bits per heavy atom. The number of unbranched alkanes of at least 4 members (excludes halogenated alkanes) is 2. The van der Waals surface area contributed by atoms with Gasteiger partial charge in [0.2, 0.25) is 5.91 Å². The number of nitrogens with zero attached hydrogens (tertiary/aromatic N) is 1. The van der Waals surface area contributed by atoms with E-state index in [1.54, 1.807) is 46.4 Å². The number of esters is 2. The molecule has 0 aromatic carbocycles. The van der Waals surface area contributed by atoms with Crippen LogP contribution in [-0.4, -0.2) is 60.1 Å². The molecule has 0 aromatic rings. The zero-order valence-electron chi connectivity index (χ0n) is 18.9. The molecule has 0 aromatic heterocycles. The molecule has 0 saturated heterocycles.